The standard InChI is InChI=1S/C10H13NO.C2H6/c1-8(11-9(2)12)10-6-4-3-5-7-10;1-2/h3-8H,1-2H3,(H,11,12);1-2H3. The van der Waals surface area contributed by atoms with Crippen molar-refractivity contribution in [3.05, 3.63) is 35.9 Å². The molecule has 2 nitrogen and oxygen atoms in total. The van der Waals surface area contributed by atoms with E-state index in [0.29, 0.717) is 0 Å². The first-order chi connectivity index (χ1) is 6.70. The van der Waals surface area contributed by atoms with E-state index in [-0.39, 0.29) is 11.9 Å². The Morgan fingerprint density at radius 2 is 1.71 bits per heavy atom. The molecule has 0 bridgehead atoms. The minimum absolute atomic E-state index is 0.00588. The molecule has 2 heteroatoms. The Labute approximate surface area is 86.3 Å². The molecule has 1 unspecified atom stereocenters. The molecular formula is C12H19NO. The van der Waals surface area contributed by atoms with E-state index in [0.717, 1.165) is 5.56 Å². The maximum atomic E-state index is 10.7. The second-order valence-corrected chi connectivity index (χ2v) is 2.83. The topological polar surface area (TPSA) is 29.1 Å². The monoisotopic (exact) mass is 193 g/mol. The van der Waals surface area contributed by atoms with E-state index in [1.165, 1.54) is 6.92 Å². The van der Waals surface area contributed by atoms with Gasteiger partial charge >= 0.3 is 0 Å². The van der Waals surface area contributed by atoms with Crippen LogP contribution in [0.5, 0.6) is 0 Å². The second-order valence-electron chi connectivity index (χ2n) is 2.83. The summed E-state index contributed by atoms with van der Waals surface area (Å²) in [7, 11) is 0. The second kappa shape index (κ2) is 7.13. The average molecular weight is 193 g/mol. The van der Waals surface area contributed by atoms with Crippen LogP contribution in [-0.2, 0) is 4.79 Å². The summed E-state index contributed by atoms with van der Waals surface area (Å²) in [5, 5.41) is 2.82. The van der Waals surface area contributed by atoms with E-state index in [4.69, 9.17) is 0 Å². The molecule has 14 heavy (non-hydrogen) atoms. The molecular weight excluding hydrogens is 174 g/mol. The molecule has 0 aromatic heterocycles. The zero-order chi connectivity index (χ0) is 11.0. The zero-order valence-corrected chi connectivity index (χ0v) is 9.37. The predicted octanol–water partition coefficient (Wildman–Crippen LogP) is 2.91. The van der Waals surface area contributed by atoms with E-state index in [1.54, 1.807) is 0 Å². The number of carbonyl (C=O) groups is 1. The van der Waals surface area contributed by atoms with Crippen LogP contribution >= 0.6 is 0 Å². The van der Waals surface area contributed by atoms with Gasteiger partial charge in [0.1, 0.15) is 0 Å². The number of carbonyl (C=O) groups excluding carboxylic acids is 1. The molecule has 1 aromatic carbocycles. The summed E-state index contributed by atoms with van der Waals surface area (Å²) < 4.78 is 0. The summed E-state index contributed by atoms with van der Waals surface area (Å²) in [5.74, 6) is 0.00588. The molecule has 78 valence electrons. The lowest BCUT2D eigenvalue weighted by Gasteiger charge is -2.11. The summed E-state index contributed by atoms with van der Waals surface area (Å²) in [4.78, 5) is 10.7. The first kappa shape index (κ1) is 12.7. The molecule has 0 aliphatic heterocycles. The van der Waals surface area contributed by atoms with Gasteiger partial charge in [-0.2, -0.15) is 0 Å². The van der Waals surface area contributed by atoms with Crippen LogP contribution in [-0.4, -0.2) is 5.91 Å². The summed E-state index contributed by atoms with van der Waals surface area (Å²) in [6, 6.07) is 10.00. The fraction of sp³-hybridized carbons (Fsp3) is 0.417. The van der Waals surface area contributed by atoms with Crippen molar-refractivity contribution in [3.63, 3.8) is 0 Å². The van der Waals surface area contributed by atoms with Crippen molar-refractivity contribution in [2.75, 3.05) is 0 Å². The Morgan fingerprint density at radius 1 is 1.21 bits per heavy atom. The number of benzene rings is 1. The summed E-state index contributed by atoms with van der Waals surface area (Å²) in [6.07, 6.45) is 0. The summed E-state index contributed by atoms with van der Waals surface area (Å²) in [5.41, 5.74) is 1.13. The SMILES string of the molecule is CC.CC(=O)NC(C)c1ccccc1. The van der Waals surface area contributed by atoms with Gasteiger partial charge in [-0.15, -0.1) is 0 Å². The fourth-order valence-corrected chi connectivity index (χ4v) is 1.13. The third kappa shape index (κ3) is 4.65. The van der Waals surface area contributed by atoms with Crippen LogP contribution < -0.4 is 5.32 Å². The summed E-state index contributed by atoms with van der Waals surface area (Å²) in [6.45, 7) is 7.50. The van der Waals surface area contributed by atoms with E-state index in [1.807, 2.05) is 51.1 Å². The van der Waals surface area contributed by atoms with Crippen molar-refractivity contribution in [1.29, 1.82) is 0 Å². The number of rotatable bonds is 2. The molecule has 0 spiro atoms. The van der Waals surface area contributed by atoms with Crippen molar-refractivity contribution in [1.82, 2.24) is 5.32 Å². The molecule has 0 fully saturated rings. The fourth-order valence-electron chi connectivity index (χ4n) is 1.13. The molecule has 1 aromatic rings. The van der Waals surface area contributed by atoms with Crippen molar-refractivity contribution in [3.8, 4) is 0 Å². The minimum Gasteiger partial charge on any atom is -0.350 e. The van der Waals surface area contributed by atoms with Gasteiger partial charge in [0.05, 0.1) is 6.04 Å². The first-order valence-electron chi connectivity index (χ1n) is 5.02. The Bertz CT molecular complexity index is 256. The van der Waals surface area contributed by atoms with Crippen LogP contribution in [0.4, 0.5) is 0 Å². The summed E-state index contributed by atoms with van der Waals surface area (Å²) >= 11 is 0. The van der Waals surface area contributed by atoms with Gasteiger partial charge in [-0.25, -0.2) is 0 Å². The maximum Gasteiger partial charge on any atom is 0.217 e. The molecule has 0 radical (unpaired) electrons. The maximum absolute atomic E-state index is 10.7. The predicted molar refractivity (Wildman–Crippen MR) is 60.0 cm³/mol. The van der Waals surface area contributed by atoms with Crippen LogP contribution in [0.1, 0.15) is 39.3 Å². The van der Waals surface area contributed by atoms with Crippen molar-refractivity contribution < 1.29 is 4.79 Å². The first-order valence-corrected chi connectivity index (χ1v) is 5.02. The molecule has 1 N–H and O–H groups in total. The van der Waals surface area contributed by atoms with Gasteiger partial charge in [-0.3, -0.25) is 4.79 Å². The van der Waals surface area contributed by atoms with E-state index >= 15 is 0 Å². The molecule has 0 aliphatic carbocycles. The quantitative estimate of drug-likeness (QED) is 0.768. The smallest absolute Gasteiger partial charge is 0.217 e. The molecule has 0 saturated carbocycles. The Morgan fingerprint density at radius 3 is 2.14 bits per heavy atom. The third-order valence-corrected chi connectivity index (χ3v) is 1.72. The third-order valence-electron chi connectivity index (χ3n) is 1.72. The Kier molecular flexibility index (Phi) is 6.46. The number of hydrogen-bond donors (Lipinski definition) is 1. The highest BCUT2D eigenvalue weighted by atomic mass is 16.1. The number of amides is 1. The van der Waals surface area contributed by atoms with Gasteiger partial charge in [0.15, 0.2) is 0 Å². The zero-order valence-electron chi connectivity index (χ0n) is 9.37. The van der Waals surface area contributed by atoms with Gasteiger partial charge in [-0.05, 0) is 12.5 Å². The van der Waals surface area contributed by atoms with Crippen LogP contribution in [0.2, 0.25) is 0 Å². The largest absolute Gasteiger partial charge is 0.350 e. The lowest BCUT2D eigenvalue weighted by molar-refractivity contribution is -0.119. The van der Waals surface area contributed by atoms with Gasteiger partial charge in [0, 0.05) is 6.92 Å². The number of nitrogens with one attached hydrogen (secondary N) is 1. The van der Waals surface area contributed by atoms with Gasteiger partial charge in [0.2, 0.25) is 5.91 Å². The Balaban J connectivity index is 0.000000791. The Hall–Kier alpha value is -1.31. The van der Waals surface area contributed by atoms with Crippen molar-refractivity contribution >= 4 is 5.91 Å². The van der Waals surface area contributed by atoms with Crippen LogP contribution in [0.3, 0.4) is 0 Å². The van der Waals surface area contributed by atoms with Gasteiger partial charge in [-0.1, -0.05) is 44.2 Å². The van der Waals surface area contributed by atoms with Crippen LogP contribution in [0.15, 0.2) is 30.3 Å². The normalized spacial score (nSPS) is 10.9. The van der Waals surface area contributed by atoms with E-state index in [2.05, 4.69) is 5.32 Å². The average Bonchev–Trinajstić information content (AvgIpc) is 2.21. The van der Waals surface area contributed by atoms with Gasteiger partial charge < -0.3 is 5.32 Å². The highest BCUT2D eigenvalue weighted by Crippen LogP contribution is 2.10. The molecule has 1 atom stereocenters. The molecule has 1 rings (SSSR count). The highest BCUT2D eigenvalue weighted by molar-refractivity contribution is 5.73. The van der Waals surface area contributed by atoms with E-state index < -0.39 is 0 Å². The van der Waals surface area contributed by atoms with Crippen molar-refractivity contribution in [2.24, 2.45) is 0 Å². The highest BCUT2D eigenvalue weighted by Gasteiger charge is 2.03. The van der Waals surface area contributed by atoms with Crippen LogP contribution in [0, 0.1) is 0 Å². The molecule has 1 amide bonds. The molecule has 0 heterocycles. The molecule has 0 aliphatic rings. The van der Waals surface area contributed by atoms with Gasteiger partial charge in [0.25, 0.3) is 0 Å². The lowest BCUT2D eigenvalue weighted by Crippen LogP contribution is -2.23. The van der Waals surface area contributed by atoms with Crippen LogP contribution in [0.25, 0.3) is 0 Å². The molecule has 0 saturated heterocycles. The lowest BCUT2D eigenvalue weighted by atomic mass is 10.1. The minimum atomic E-state index is 0.00588. The number of hydrogen-bond acceptors (Lipinski definition) is 1. The van der Waals surface area contributed by atoms with E-state index in [9.17, 15) is 4.79 Å². The van der Waals surface area contributed by atoms with Crippen molar-refractivity contribution in [2.45, 2.75) is 33.7 Å².